The second-order valence-electron chi connectivity index (χ2n) is 3.62. The molecule has 0 unspecified atom stereocenters. The lowest BCUT2D eigenvalue weighted by molar-refractivity contribution is 0.295. The predicted molar refractivity (Wildman–Crippen MR) is 55.5 cm³/mol. The molecule has 0 aliphatic heterocycles. The molecule has 1 aliphatic carbocycles. The summed E-state index contributed by atoms with van der Waals surface area (Å²) in [5, 5.41) is 19.8. The van der Waals surface area contributed by atoms with Gasteiger partial charge in [-0.2, -0.15) is 0 Å². The second-order valence-corrected chi connectivity index (χ2v) is 4.18. The van der Waals surface area contributed by atoms with Gasteiger partial charge in [-0.25, -0.2) is 0 Å². The fourth-order valence-electron chi connectivity index (χ4n) is 1.57. The van der Waals surface area contributed by atoms with Crippen molar-refractivity contribution in [2.24, 2.45) is 5.92 Å². The third kappa shape index (κ3) is 2.00. The van der Waals surface area contributed by atoms with E-state index in [0.717, 1.165) is 18.4 Å². The van der Waals surface area contributed by atoms with Crippen LogP contribution in [0, 0.1) is 11.1 Å². The van der Waals surface area contributed by atoms with Crippen LogP contribution in [0.5, 0.6) is 0 Å². The minimum Gasteiger partial charge on any atom is -0.733 e. The van der Waals surface area contributed by atoms with Gasteiger partial charge in [0.25, 0.3) is 0 Å². The highest BCUT2D eigenvalue weighted by atomic mass is 35.5. The molecule has 14 heavy (non-hydrogen) atoms. The highest BCUT2D eigenvalue weighted by molar-refractivity contribution is 6.22. The highest BCUT2D eigenvalue weighted by Crippen LogP contribution is 2.40. The molecule has 4 heteroatoms. The molecule has 1 aliphatic rings. The number of rotatable bonds is 3. The minimum absolute atomic E-state index is 0.0824. The van der Waals surface area contributed by atoms with Gasteiger partial charge >= 0.3 is 0 Å². The van der Waals surface area contributed by atoms with Gasteiger partial charge in [-0.3, -0.25) is 5.21 Å². The molecular formula is C10H11ClNO2-. The Morgan fingerprint density at radius 1 is 1.50 bits per heavy atom. The van der Waals surface area contributed by atoms with Crippen LogP contribution in [0.4, 0.5) is 5.69 Å². The Hall–Kier alpha value is -0.770. The molecular weight excluding hydrogens is 202 g/mol. The number of para-hydroxylation sites is 1. The number of alkyl halides is 1. The Balaban J connectivity index is 2.15. The first-order valence-corrected chi connectivity index (χ1v) is 5.00. The van der Waals surface area contributed by atoms with Crippen molar-refractivity contribution in [1.29, 1.82) is 0 Å². The van der Waals surface area contributed by atoms with Crippen LogP contribution in [0.3, 0.4) is 0 Å². The summed E-state index contributed by atoms with van der Waals surface area (Å²) in [6, 6.07) is 7.03. The van der Waals surface area contributed by atoms with Gasteiger partial charge in [-0.1, -0.05) is 18.2 Å². The summed E-state index contributed by atoms with van der Waals surface area (Å²) in [5.74, 6) is 0.456. The number of hydrogen-bond donors (Lipinski definition) is 1. The van der Waals surface area contributed by atoms with Crippen molar-refractivity contribution in [2.75, 3.05) is 5.23 Å². The van der Waals surface area contributed by atoms with Crippen molar-refractivity contribution in [3.8, 4) is 0 Å². The van der Waals surface area contributed by atoms with E-state index in [2.05, 4.69) is 0 Å². The second kappa shape index (κ2) is 3.77. The summed E-state index contributed by atoms with van der Waals surface area (Å²) in [5.41, 5.74) is 1.18. The molecule has 0 aromatic heterocycles. The van der Waals surface area contributed by atoms with Crippen molar-refractivity contribution >= 4 is 17.3 Å². The van der Waals surface area contributed by atoms with E-state index in [1.165, 1.54) is 0 Å². The van der Waals surface area contributed by atoms with Crippen LogP contribution in [0.25, 0.3) is 0 Å². The fraction of sp³-hybridized carbons (Fsp3) is 0.400. The van der Waals surface area contributed by atoms with Crippen molar-refractivity contribution in [1.82, 2.24) is 0 Å². The third-order valence-electron chi connectivity index (χ3n) is 2.52. The van der Waals surface area contributed by atoms with E-state index in [1.807, 2.05) is 12.1 Å². The molecule has 2 atom stereocenters. The van der Waals surface area contributed by atoms with Crippen molar-refractivity contribution in [3.63, 3.8) is 0 Å². The van der Waals surface area contributed by atoms with Crippen LogP contribution in [0.1, 0.15) is 12.0 Å². The molecule has 76 valence electrons. The Kier molecular flexibility index (Phi) is 2.63. The van der Waals surface area contributed by atoms with E-state index in [-0.39, 0.29) is 10.6 Å². The molecule has 0 bridgehead atoms. The normalized spacial score (nSPS) is 24.8. The first-order chi connectivity index (χ1) is 6.68. The van der Waals surface area contributed by atoms with Gasteiger partial charge in [0.05, 0.1) is 5.69 Å². The molecule has 2 rings (SSSR count). The monoisotopic (exact) mass is 212 g/mol. The molecule has 0 saturated heterocycles. The van der Waals surface area contributed by atoms with Crippen molar-refractivity contribution < 1.29 is 5.21 Å². The molecule has 1 saturated carbocycles. The smallest absolute Gasteiger partial charge is 0.0540 e. The molecule has 3 nitrogen and oxygen atoms in total. The van der Waals surface area contributed by atoms with E-state index in [4.69, 9.17) is 16.8 Å². The molecule has 1 fully saturated rings. The van der Waals surface area contributed by atoms with Gasteiger partial charge in [-0.15, -0.1) is 11.6 Å². The number of hydrogen-bond acceptors (Lipinski definition) is 3. The molecule has 0 amide bonds. The summed E-state index contributed by atoms with van der Waals surface area (Å²) >= 11 is 5.88. The summed E-state index contributed by atoms with van der Waals surface area (Å²) in [7, 11) is 0. The predicted octanol–water partition coefficient (Wildman–Crippen LogP) is 2.55. The Morgan fingerprint density at radius 2 is 2.14 bits per heavy atom. The Bertz CT molecular complexity index is 330. The van der Waals surface area contributed by atoms with Gasteiger partial charge < -0.3 is 10.4 Å². The summed E-state index contributed by atoms with van der Waals surface area (Å²) in [6.45, 7) is 0. The fourth-order valence-corrected chi connectivity index (χ4v) is 1.89. The van der Waals surface area contributed by atoms with E-state index in [1.54, 1.807) is 12.1 Å². The van der Waals surface area contributed by atoms with E-state index in [0.29, 0.717) is 11.6 Å². The molecule has 0 spiro atoms. The van der Waals surface area contributed by atoms with Crippen molar-refractivity contribution in [3.05, 3.63) is 35.0 Å². The molecule has 1 N–H and O–H groups in total. The standard InChI is InChI=1S/C10H11ClNO2/c11-9-6-8(9)5-7-3-1-2-4-10(7)12(13)14/h1-4,8-9,13H,5-6H2/q-1/t8-,9+/m1/s1. The zero-order valence-corrected chi connectivity index (χ0v) is 8.31. The Morgan fingerprint density at radius 3 is 2.71 bits per heavy atom. The lowest BCUT2D eigenvalue weighted by Crippen LogP contribution is -2.10. The number of benzene rings is 1. The summed E-state index contributed by atoms with van der Waals surface area (Å²) < 4.78 is 0. The van der Waals surface area contributed by atoms with Gasteiger partial charge in [0.1, 0.15) is 0 Å². The number of anilines is 1. The van der Waals surface area contributed by atoms with Gasteiger partial charge in [0.2, 0.25) is 0 Å². The van der Waals surface area contributed by atoms with Gasteiger partial charge in [0.15, 0.2) is 0 Å². The summed E-state index contributed by atoms with van der Waals surface area (Å²) in [4.78, 5) is 0. The maximum atomic E-state index is 10.8. The highest BCUT2D eigenvalue weighted by Gasteiger charge is 2.35. The third-order valence-corrected chi connectivity index (χ3v) is 3.05. The number of nitrogens with zero attached hydrogens (tertiary/aromatic N) is 1. The average Bonchev–Trinajstić information content (AvgIpc) is 2.82. The quantitative estimate of drug-likeness (QED) is 0.619. The van der Waals surface area contributed by atoms with Gasteiger partial charge in [0, 0.05) is 5.38 Å². The van der Waals surface area contributed by atoms with Crippen LogP contribution in [0.2, 0.25) is 0 Å². The zero-order valence-electron chi connectivity index (χ0n) is 7.56. The van der Waals surface area contributed by atoms with Crippen LogP contribution in [-0.4, -0.2) is 10.6 Å². The van der Waals surface area contributed by atoms with Gasteiger partial charge in [-0.05, 0) is 30.4 Å². The zero-order chi connectivity index (χ0) is 10.1. The number of halogens is 1. The maximum Gasteiger partial charge on any atom is 0.0540 e. The first-order valence-electron chi connectivity index (χ1n) is 4.56. The first kappa shape index (κ1) is 9.77. The Labute approximate surface area is 87.4 Å². The molecule has 1 aromatic rings. The maximum absolute atomic E-state index is 10.8. The van der Waals surface area contributed by atoms with E-state index >= 15 is 0 Å². The SMILES string of the molecule is [O-]N(O)c1ccccc1C[C@@H]1C[C@@H]1Cl. The average molecular weight is 213 g/mol. The lowest BCUT2D eigenvalue weighted by Gasteiger charge is -2.24. The van der Waals surface area contributed by atoms with E-state index in [9.17, 15) is 5.21 Å². The molecule has 0 radical (unpaired) electrons. The molecule has 0 heterocycles. The van der Waals surface area contributed by atoms with E-state index < -0.39 is 0 Å². The summed E-state index contributed by atoms with van der Waals surface area (Å²) in [6.07, 6.45) is 1.77. The van der Waals surface area contributed by atoms with Crippen LogP contribution < -0.4 is 5.23 Å². The topological polar surface area (TPSA) is 46.5 Å². The van der Waals surface area contributed by atoms with Crippen LogP contribution >= 0.6 is 11.6 Å². The van der Waals surface area contributed by atoms with Crippen molar-refractivity contribution in [2.45, 2.75) is 18.2 Å². The largest absolute Gasteiger partial charge is 0.733 e. The van der Waals surface area contributed by atoms with Crippen LogP contribution in [0.15, 0.2) is 24.3 Å². The molecule has 1 aromatic carbocycles. The van der Waals surface area contributed by atoms with Crippen LogP contribution in [-0.2, 0) is 6.42 Å². The lowest BCUT2D eigenvalue weighted by atomic mass is 10.1. The minimum atomic E-state index is -0.0824.